The summed E-state index contributed by atoms with van der Waals surface area (Å²) in [4.78, 5) is 37.1. The van der Waals surface area contributed by atoms with Crippen LogP contribution in [0.25, 0.3) is 0 Å². The van der Waals surface area contributed by atoms with Gasteiger partial charge in [-0.05, 0) is 58.8 Å². The highest BCUT2D eigenvalue weighted by Crippen LogP contribution is 2.38. The summed E-state index contributed by atoms with van der Waals surface area (Å²) in [5.74, 6) is -2.06. The molecule has 2 rings (SSSR count). The predicted octanol–water partition coefficient (Wildman–Crippen LogP) is 3.47. The van der Waals surface area contributed by atoms with Crippen molar-refractivity contribution < 1.29 is 28.6 Å². The first-order chi connectivity index (χ1) is 12.4. The predicted molar refractivity (Wildman–Crippen MR) is 95.2 cm³/mol. The molecule has 0 bridgehead atoms. The number of carbonyl (C=O) groups excluding carboxylic acids is 3. The van der Waals surface area contributed by atoms with Crippen molar-refractivity contribution in [2.24, 2.45) is 5.92 Å². The van der Waals surface area contributed by atoms with Crippen LogP contribution in [0, 0.1) is 5.92 Å². The molecule has 0 radical (unpaired) electrons. The first kappa shape index (κ1) is 20.5. The highest BCUT2D eigenvalue weighted by atomic mass is 16.6. The second-order valence-electron chi connectivity index (χ2n) is 7.56. The molecule has 0 saturated heterocycles. The SMILES string of the molecule is C=CC(=O)OC1(C(=O)OC2CCCCC2)CCCC(C(=O)OC(C)C)C1. The fourth-order valence-electron chi connectivity index (χ4n) is 3.76. The zero-order valence-corrected chi connectivity index (χ0v) is 15.8. The van der Waals surface area contributed by atoms with Crippen LogP contribution in [0.4, 0.5) is 0 Å². The highest BCUT2D eigenvalue weighted by molar-refractivity contribution is 5.88. The van der Waals surface area contributed by atoms with Crippen LogP contribution < -0.4 is 0 Å². The highest BCUT2D eigenvalue weighted by Gasteiger charge is 2.50. The Morgan fingerprint density at radius 2 is 1.77 bits per heavy atom. The molecule has 0 spiro atoms. The summed E-state index contributed by atoms with van der Waals surface area (Å²) >= 11 is 0. The van der Waals surface area contributed by atoms with Crippen LogP contribution in [0.1, 0.15) is 71.6 Å². The summed E-state index contributed by atoms with van der Waals surface area (Å²) in [5, 5.41) is 0. The van der Waals surface area contributed by atoms with Gasteiger partial charge in [0.1, 0.15) is 6.10 Å². The van der Waals surface area contributed by atoms with Gasteiger partial charge in [0.25, 0.3) is 0 Å². The van der Waals surface area contributed by atoms with Crippen LogP contribution in [-0.4, -0.2) is 35.7 Å². The van der Waals surface area contributed by atoms with Gasteiger partial charge in [-0.15, -0.1) is 0 Å². The lowest BCUT2D eigenvalue weighted by atomic mass is 9.77. The molecule has 2 saturated carbocycles. The molecule has 2 aliphatic carbocycles. The number of hydrogen-bond donors (Lipinski definition) is 0. The Balaban J connectivity index is 2.14. The molecule has 0 heterocycles. The lowest BCUT2D eigenvalue weighted by molar-refractivity contribution is -0.193. The second kappa shape index (κ2) is 9.19. The van der Waals surface area contributed by atoms with E-state index in [0.29, 0.717) is 19.3 Å². The minimum Gasteiger partial charge on any atom is -0.463 e. The van der Waals surface area contributed by atoms with Crippen molar-refractivity contribution in [2.75, 3.05) is 0 Å². The third-order valence-electron chi connectivity index (χ3n) is 5.06. The number of esters is 3. The molecule has 146 valence electrons. The van der Waals surface area contributed by atoms with E-state index in [9.17, 15) is 14.4 Å². The van der Waals surface area contributed by atoms with E-state index in [1.807, 2.05) is 0 Å². The van der Waals surface area contributed by atoms with Gasteiger partial charge in [-0.3, -0.25) is 4.79 Å². The largest absolute Gasteiger partial charge is 0.463 e. The Labute approximate surface area is 155 Å². The average molecular weight is 366 g/mol. The van der Waals surface area contributed by atoms with Gasteiger partial charge in [0.15, 0.2) is 0 Å². The normalized spacial score (nSPS) is 26.8. The fraction of sp³-hybridized carbons (Fsp3) is 0.750. The van der Waals surface area contributed by atoms with Crippen molar-refractivity contribution in [3.8, 4) is 0 Å². The molecule has 0 aromatic rings. The van der Waals surface area contributed by atoms with E-state index in [1.54, 1.807) is 13.8 Å². The molecule has 2 fully saturated rings. The van der Waals surface area contributed by atoms with Gasteiger partial charge < -0.3 is 14.2 Å². The summed E-state index contributed by atoms with van der Waals surface area (Å²) in [6.45, 7) is 6.97. The second-order valence-corrected chi connectivity index (χ2v) is 7.56. The van der Waals surface area contributed by atoms with Crippen LogP contribution in [0.2, 0.25) is 0 Å². The number of carbonyl (C=O) groups is 3. The Bertz CT molecular complexity index is 534. The minimum atomic E-state index is -1.43. The van der Waals surface area contributed by atoms with E-state index < -0.39 is 23.5 Å². The van der Waals surface area contributed by atoms with Crippen LogP contribution in [0.15, 0.2) is 12.7 Å². The Morgan fingerprint density at radius 3 is 2.38 bits per heavy atom. The maximum atomic E-state index is 12.9. The third-order valence-corrected chi connectivity index (χ3v) is 5.06. The standard InChI is InChI=1S/C20H30O6/c1-4-17(21)26-20(19(23)25-16-10-6-5-7-11-16)12-8-9-15(13-20)18(22)24-14(2)3/h4,14-16H,1,5-13H2,2-3H3. The summed E-state index contributed by atoms with van der Waals surface area (Å²) in [6, 6.07) is 0. The Kier molecular flexibility index (Phi) is 7.23. The van der Waals surface area contributed by atoms with Gasteiger partial charge in [0.2, 0.25) is 5.60 Å². The quantitative estimate of drug-likeness (QED) is 0.407. The molecule has 0 aromatic carbocycles. The van der Waals surface area contributed by atoms with Crippen molar-refractivity contribution in [3.05, 3.63) is 12.7 Å². The lowest BCUT2D eigenvalue weighted by Gasteiger charge is -2.38. The zero-order chi connectivity index (χ0) is 19.2. The monoisotopic (exact) mass is 366 g/mol. The molecule has 0 aliphatic heterocycles. The van der Waals surface area contributed by atoms with Crippen molar-refractivity contribution >= 4 is 17.9 Å². The first-order valence-corrected chi connectivity index (χ1v) is 9.63. The molecule has 26 heavy (non-hydrogen) atoms. The van der Waals surface area contributed by atoms with E-state index in [0.717, 1.165) is 38.2 Å². The van der Waals surface area contributed by atoms with Crippen LogP contribution in [0.5, 0.6) is 0 Å². The fourth-order valence-corrected chi connectivity index (χ4v) is 3.76. The van der Waals surface area contributed by atoms with E-state index in [-0.39, 0.29) is 24.6 Å². The Morgan fingerprint density at radius 1 is 1.08 bits per heavy atom. The molecular formula is C20H30O6. The van der Waals surface area contributed by atoms with Gasteiger partial charge in [-0.1, -0.05) is 13.0 Å². The molecule has 6 nitrogen and oxygen atoms in total. The molecule has 2 aliphatic rings. The third kappa shape index (κ3) is 5.32. The van der Waals surface area contributed by atoms with Crippen molar-refractivity contribution in [3.63, 3.8) is 0 Å². The number of rotatable bonds is 6. The molecule has 6 heteroatoms. The van der Waals surface area contributed by atoms with Gasteiger partial charge in [-0.25, -0.2) is 9.59 Å². The van der Waals surface area contributed by atoms with Crippen LogP contribution >= 0.6 is 0 Å². The average Bonchev–Trinajstić information content (AvgIpc) is 2.62. The topological polar surface area (TPSA) is 78.9 Å². The van der Waals surface area contributed by atoms with Gasteiger partial charge in [0, 0.05) is 12.5 Å². The molecule has 2 atom stereocenters. The van der Waals surface area contributed by atoms with Crippen LogP contribution in [0.3, 0.4) is 0 Å². The van der Waals surface area contributed by atoms with E-state index >= 15 is 0 Å². The molecular weight excluding hydrogens is 336 g/mol. The smallest absolute Gasteiger partial charge is 0.350 e. The van der Waals surface area contributed by atoms with E-state index in [2.05, 4.69) is 6.58 Å². The lowest BCUT2D eigenvalue weighted by Crippen LogP contribution is -2.50. The molecule has 0 aromatic heterocycles. The molecule has 0 N–H and O–H groups in total. The maximum Gasteiger partial charge on any atom is 0.350 e. The van der Waals surface area contributed by atoms with Crippen molar-refractivity contribution in [1.82, 2.24) is 0 Å². The summed E-state index contributed by atoms with van der Waals surface area (Å²) in [7, 11) is 0. The number of hydrogen-bond acceptors (Lipinski definition) is 6. The summed E-state index contributed by atoms with van der Waals surface area (Å²) in [5.41, 5.74) is -1.43. The van der Waals surface area contributed by atoms with Crippen LogP contribution in [-0.2, 0) is 28.6 Å². The molecule has 0 amide bonds. The van der Waals surface area contributed by atoms with Gasteiger partial charge in [-0.2, -0.15) is 0 Å². The number of ether oxygens (including phenoxy) is 3. The summed E-state index contributed by atoms with van der Waals surface area (Å²) < 4.78 is 16.5. The van der Waals surface area contributed by atoms with Gasteiger partial charge in [0.05, 0.1) is 12.0 Å². The van der Waals surface area contributed by atoms with Crippen molar-refractivity contribution in [2.45, 2.75) is 89.4 Å². The molecule has 2 unspecified atom stereocenters. The summed E-state index contributed by atoms with van der Waals surface area (Å²) in [6.07, 6.45) is 7.17. The van der Waals surface area contributed by atoms with Crippen molar-refractivity contribution in [1.29, 1.82) is 0 Å². The van der Waals surface area contributed by atoms with Gasteiger partial charge >= 0.3 is 17.9 Å². The maximum absolute atomic E-state index is 12.9. The minimum absolute atomic E-state index is 0.101. The van der Waals surface area contributed by atoms with E-state index in [1.165, 1.54) is 0 Å². The first-order valence-electron chi connectivity index (χ1n) is 9.63. The Hall–Kier alpha value is -1.85. The zero-order valence-electron chi connectivity index (χ0n) is 15.8. The van der Waals surface area contributed by atoms with E-state index in [4.69, 9.17) is 14.2 Å².